The van der Waals surface area contributed by atoms with Gasteiger partial charge in [-0.3, -0.25) is 9.59 Å². The highest BCUT2D eigenvalue weighted by Crippen LogP contribution is 2.22. The van der Waals surface area contributed by atoms with E-state index < -0.39 is 15.9 Å². The van der Waals surface area contributed by atoms with E-state index in [9.17, 15) is 18.0 Å². The van der Waals surface area contributed by atoms with Crippen molar-refractivity contribution in [1.82, 2.24) is 10.3 Å². The maximum absolute atomic E-state index is 12.4. The molecule has 1 aromatic carbocycles. The number of carbonyl (C=O) groups is 2. The van der Waals surface area contributed by atoms with Crippen molar-refractivity contribution >= 4 is 27.4 Å². The number of nitrogens with one attached hydrogen (secondary N) is 1. The Morgan fingerprint density at radius 3 is 2.81 bits per heavy atom. The summed E-state index contributed by atoms with van der Waals surface area (Å²) >= 11 is 0. The molecule has 0 aliphatic carbocycles. The number of hydrazone groups is 1. The quantitative estimate of drug-likeness (QED) is 0.801. The van der Waals surface area contributed by atoms with Gasteiger partial charge in [-0.2, -0.15) is 5.10 Å². The maximum atomic E-state index is 12.4. The predicted octanol–water partition coefficient (Wildman–Crippen LogP) is 0.477. The van der Waals surface area contributed by atoms with Crippen LogP contribution in [0.4, 0.5) is 0 Å². The number of carbonyl (C=O) groups excluding carboxylic acids is 2. The van der Waals surface area contributed by atoms with E-state index in [-0.39, 0.29) is 48.4 Å². The molecule has 9 heteroatoms. The molecule has 0 aromatic heterocycles. The molecule has 1 aromatic rings. The molecular formula is C17H21N3O5S. The molecule has 0 unspecified atom stereocenters. The van der Waals surface area contributed by atoms with Crippen molar-refractivity contribution in [3.05, 3.63) is 29.8 Å². The van der Waals surface area contributed by atoms with Gasteiger partial charge in [0.25, 0.3) is 5.91 Å². The van der Waals surface area contributed by atoms with Gasteiger partial charge in [0.1, 0.15) is 11.5 Å². The van der Waals surface area contributed by atoms with Crippen LogP contribution in [0.3, 0.4) is 0 Å². The monoisotopic (exact) mass is 379 g/mol. The summed E-state index contributed by atoms with van der Waals surface area (Å²) in [5, 5.41) is 8.12. The molecule has 1 atom stereocenters. The number of amides is 2. The molecule has 2 aliphatic heterocycles. The van der Waals surface area contributed by atoms with Gasteiger partial charge >= 0.3 is 0 Å². The molecule has 3 rings (SSSR count). The van der Waals surface area contributed by atoms with Crippen molar-refractivity contribution in [3.8, 4) is 5.75 Å². The van der Waals surface area contributed by atoms with Gasteiger partial charge in [-0.1, -0.05) is 18.2 Å². The minimum atomic E-state index is -3.14. The molecule has 1 fully saturated rings. The number of para-hydroxylation sites is 1. The van der Waals surface area contributed by atoms with Crippen LogP contribution in [0.25, 0.3) is 0 Å². The molecule has 1 saturated heterocycles. The summed E-state index contributed by atoms with van der Waals surface area (Å²) in [7, 11) is -1.58. The van der Waals surface area contributed by atoms with Crippen molar-refractivity contribution in [2.45, 2.75) is 31.8 Å². The first-order valence-electron chi connectivity index (χ1n) is 8.39. The second kappa shape index (κ2) is 7.45. The summed E-state index contributed by atoms with van der Waals surface area (Å²) in [6.45, 7) is 0.271. The lowest BCUT2D eigenvalue weighted by atomic mass is 10.1. The molecule has 0 bridgehead atoms. The highest BCUT2D eigenvalue weighted by Gasteiger charge is 2.37. The number of hydrogen-bond donors (Lipinski definition) is 1. The zero-order valence-corrected chi connectivity index (χ0v) is 15.3. The predicted molar refractivity (Wildman–Crippen MR) is 95.4 cm³/mol. The van der Waals surface area contributed by atoms with Crippen LogP contribution >= 0.6 is 0 Å². The van der Waals surface area contributed by atoms with Crippen LogP contribution in [0, 0.1) is 0 Å². The smallest absolute Gasteiger partial charge is 0.267 e. The van der Waals surface area contributed by atoms with E-state index in [0.717, 1.165) is 5.56 Å². The van der Waals surface area contributed by atoms with Gasteiger partial charge in [0.15, 0.2) is 9.84 Å². The summed E-state index contributed by atoms with van der Waals surface area (Å²) in [6.07, 6.45) is 0.748. The first kappa shape index (κ1) is 18.4. The van der Waals surface area contributed by atoms with E-state index in [0.29, 0.717) is 12.2 Å². The molecule has 2 heterocycles. The van der Waals surface area contributed by atoms with Gasteiger partial charge in [-0.05, 0) is 12.5 Å². The van der Waals surface area contributed by atoms with Crippen molar-refractivity contribution in [2.75, 3.05) is 18.6 Å². The number of hydrogen-bond acceptors (Lipinski definition) is 6. The number of sulfone groups is 1. The van der Waals surface area contributed by atoms with Crippen molar-refractivity contribution in [1.29, 1.82) is 0 Å². The topological polar surface area (TPSA) is 105 Å². The number of methoxy groups -OCH3 is 1. The fraction of sp³-hybridized carbons (Fsp3) is 0.471. The van der Waals surface area contributed by atoms with Gasteiger partial charge in [0.2, 0.25) is 5.91 Å². The molecule has 0 saturated carbocycles. The number of rotatable bonds is 5. The first-order valence-corrected chi connectivity index (χ1v) is 10.2. The lowest BCUT2D eigenvalue weighted by Gasteiger charge is -2.27. The SMILES string of the molecule is COc1ccccc1CNC(=O)C1=NN([C@@H]2CCS(=O)(=O)C2)C(=O)CC1. The highest BCUT2D eigenvalue weighted by atomic mass is 32.2. The molecule has 2 amide bonds. The Balaban J connectivity index is 1.68. The Morgan fingerprint density at radius 1 is 1.35 bits per heavy atom. The summed E-state index contributed by atoms with van der Waals surface area (Å²) in [4.78, 5) is 24.5. The minimum Gasteiger partial charge on any atom is -0.496 e. The zero-order valence-electron chi connectivity index (χ0n) is 14.5. The lowest BCUT2D eigenvalue weighted by molar-refractivity contribution is -0.133. The highest BCUT2D eigenvalue weighted by molar-refractivity contribution is 7.91. The molecule has 0 spiro atoms. The minimum absolute atomic E-state index is 0.0479. The molecule has 1 N–H and O–H groups in total. The van der Waals surface area contributed by atoms with E-state index in [1.807, 2.05) is 18.2 Å². The summed E-state index contributed by atoms with van der Waals surface area (Å²) < 4.78 is 28.5. The molecule has 2 aliphatic rings. The van der Waals surface area contributed by atoms with Crippen molar-refractivity contribution in [3.63, 3.8) is 0 Å². The standard InChI is InChI=1S/C17H21N3O5S/c1-25-15-5-3-2-4-12(15)10-18-17(22)14-6-7-16(21)20(19-14)13-8-9-26(23,24)11-13/h2-5,13H,6-11H2,1H3,(H,18,22)/t13-/m1/s1. The van der Waals surface area contributed by atoms with E-state index >= 15 is 0 Å². The molecule has 0 radical (unpaired) electrons. The van der Waals surface area contributed by atoms with Gasteiger partial charge in [-0.15, -0.1) is 0 Å². The Bertz CT molecular complexity index is 850. The number of ether oxygens (including phenoxy) is 1. The summed E-state index contributed by atoms with van der Waals surface area (Å²) in [6, 6.07) is 6.86. The summed E-state index contributed by atoms with van der Waals surface area (Å²) in [5.74, 6) is 0.0129. The van der Waals surface area contributed by atoms with E-state index in [1.165, 1.54) is 5.01 Å². The van der Waals surface area contributed by atoms with Gasteiger partial charge in [0.05, 0.1) is 24.7 Å². The van der Waals surface area contributed by atoms with Crippen LogP contribution in [-0.4, -0.2) is 55.6 Å². The Kier molecular flexibility index (Phi) is 5.26. The van der Waals surface area contributed by atoms with Crippen molar-refractivity contribution in [2.24, 2.45) is 5.10 Å². The maximum Gasteiger partial charge on any atom is 0.267 e. The zero-order chi connectivity index (χ0) is 18.7. The molecule has 26 heavy (non-hydrogen) atoms. The van der Waals surface area contributed by atoms with Crippen LogP contribution in [0.5, 0.6) is 5.75 Å². The van der Waals surface area contributed by atoms with Crippen LogP contribution in [0.2, 0.25) is 0 Å². The normalized spacial score (nSPS) is 22.0. The van der Waals surface area contributed by atoms with Gasteiger partial charge in [0, 0.05) is 24.9 Å². The van der Waals surface area contributed by atoms with Crippen LogP contribution in [-0.2, 0) is 26.0 Å². The average Bonchev–Trinajstić information content (AvgIpc) is 3.00. The van der Waals surface area contributed by atoms with Crippen LogP contribution in [0.15, 0.2) is 29.4 Å². The van der Waals surface area contributed by atoms with Gasteiger partial charge < -0.3 is 10.1 Å². The van der Waals surface area contributed by atoms with E-state index in [4.69, 9.17) is 4.74 Å². The van der Waals surface area contributed by atoms with E-state index in [1.54, 1.807) is 13.2 Å². The second-order valence-corrected chi connectivity index (χ2v) is 8.57. The van der Waals surface area contributed by atoms with Gasteiger partial charge in [-0.25, -0.2) is 13.4 Å². The fourth-order valence-electron chi connectivity index (χ4n) is 3.11. The summed E-state index contributed by atoms with van der Waals surface area (Å²) in [5.41, 5.74) is 1.07. The number of benzene rings is 1. The number of nitrogens with zero attached hydrogens (tertiary/aromatic N) is 2. The third-order valence-electron chi connectivity index (χ3n) is 4.51. The van der Waals surface area contributed by atoms with Crippen LogP contribution in [0.1, 0.15) is 24.8 Å². The Hall–Kier alpha value is -2.42. The van der Waals surface area contributed by atoms with E-state index in [2.05, 4.69) is 10.4 Å². The first-order chi connectivity index (χ1) is 12.4. The molecule has 140 valence electrons. The van der Waals surface area contributed by atoms with Crippen LogP contribution < -0.4 is 10.1 Å². The third kappa shape index (κ3) is 4.04. The fourth-order valence-corrected chi connectivity index (χ4v) is 4.81. The molecule has 8 nitrogen and oxygen atoms in total. The Labute approximate surface area is 152 Å². The van der Waals surface area contributed by atoms with Crippen molar-refractivity contribution < 1.29 is 22.7 Å². The second-order valence-electron chi connectivity index (χ2n) is 6.34. The largest absolute Gasteiger partial charge is 0.496 e. The third-order valence-corrected chi connectivity index (χ3v) is 6.26. The lowest BCUT2D eigenvalue weighted by Crippen LogP contribution is -2.43. The Morgan fingerprint density at radius 2 is 2.12 bits per heavy atom. The average molecular weight is 379 g/mol. The molecular weight excluding hydrogens is 358 g/mol.